The van der Waals surface area contributed by atoms with Crippen LogP contribution in [0.25, 0.3) is 0 Å². The van der Waals surface area contributed by atoms with E-state index in [4.69, 9.17) is 4.74 Å². The van der Waals surface area contributed by atoms with E-state index in [-0.39, 0.29) is 11.3 Å². The number of hydrogen-bond donors (Lipinski definition) is 1. The third kappa shape index (κ3) is 3.98. The van der Waals surface area contributed by atoms with E-state index in [1.54, 1.807) is 7.11 Å². The van der Waals surface area contributed by atoms with E-state index < -0.39 is 0 Å². The Bertz CT molecular complexity index is 438. The number of rotatable bonds is 6. The topological polar surface area (TPSA) is 38.3 Å². The van der Waals surface area contributed by atoms with Crippen molar-refractivity contribution in [1.82, 2.24) is 5.32 Å². The van der Waals surface area contributed by atoms with E-state index in [1.807, 2.05) is 24.3 Å². The first kappa shape index (κ1) is 15.4. The quantitative estimate of drug-likeness (QED) is 0.807. The van der Waals surface area contributed by atoms with Crippen molar-refractivity contribution in [2.24, 2.45) is 5.41 Å². The summed E-state index contributed by atoms with van der Waals surface area (Å²) in [6, 6.07) is 7.65. The highest BCUT2D eigenvalue weighted by Crippen LogP contribution is 2.38. The fraction of sp³-hybridized carbons (Fsp3) is 0.562. The van der Waals surface area contributed by atoms with Gasteiger partial charge in [0.25, 0.3) is 0 Å². The number of alkyl halides is 1. The van der Waals surface area contributed by atoms with Gasteiger partial charge in [0, 0.05) is 11.9 Å². The molecule has 0 heterocycles. The van der Waals surface area contributed by atoms with Gasteiger partial charge in [-0.1, -0.05) is 40.9 Å². The Labute approximate surface area is 129 Å². The molecule has 1 aromatic carbocycles. The van der Waals surface area contributed by atoms with E-state index in [1.165, 1.54) is 25.7 Å². The predicted octanol–water partition coefficient (Wildman–Crippen LogP) is 3.31. The smallest absolute Gasteiger partial charge is 0.224 e. The average molecular weight is 340 g/mol. The van der Waals surface area contributed by atoms with Gasteiger partial charge in [-0.25, -0.2) is 0 Å². The Balaban J connectivity index is 1.82. The van der Waals surface area contributed by atoms with Gasteiger partial charge in [-0.15, -0.1) is 0 Å². The fourth-order valence-electron chi connectivity index (χ4n) is 2.76. The van der Waals surface area contributed by atoms with Crippen LogP contribution in [0.15, 0.2) is 24.3 Å². The Morgan fingerprint density at radius 2 is 1.95 bits per heavy atom. The van der Waals surface area contributed by atoms with Gasteiger partial charge in [-0.05, 0) is 36.0 Å². The maximum Gasteiger partial charge on any atom is 0.224 e. The molecule has 0 spiro atoms. The van der Waals surface area contributed by atoms with Crippen molar-refractivity contribution in [2.75, 3.05) is 19.0 Å². The van der Waals surface area contributed by atoms with Gasteiger partial charge in [-0.3, -0.25) is 4.79 Å². The molecule has 1 saturated carbocycles. The minimum Gasteiger partial charge on any atom is -0.497 e. The molecule has 1 aliphatic carbocycles. The SMILES string of the molecule is COc1ccc(CC(=O)NCC2(CBr)CCCC2)cc1. The molecule has 1 fully saturated rings. The average Bonchev–Trinajstić information content (AvgIpc) is 2.95. The summed E-state index contributed by atoms with van der Waals surface area (Å²) in [4.78, 5) is 12.0. The number of amides is 1. The van der Waals surface area contributed by atoms with Crippen LogP contribution in [0.2, 0.25) is 0 Å². The molecule has 3 nitrogen and oxygen atoms in total. The molecule has 1 N–H and O–H groups in total. The maximum absolute atomic E-state index is 12.0. The monoisotopic (exact) mass is 339 g/mol. The van der Waals surface area contributed by atoms with Gasteiger partial charge in [0.15, 0.2) is 0 Å². The lowest BCUT2D eigenvalue weighted by Gasteiger charge is -2.26. The molecule has 4 heteroatoms. The number of carbonyl (C=O) groups excluding carboxylic acids is 1. The second kappa shape index (κ2) is 7.11. The van der Waals surface area contributed by atoms with Crippen molar-refractivity contribution in [2.45, 2.75) is 32.1 Å². The number of benzene rings is 1. The molecule has 0 radical (unpaired) electrons. The Morgan fingerprint density at radius 1 is 1.30 bits per heavy atom. The molecule has 2 rings (SSSR count). The normalized spacial score (nSPS) is 16.9. The van der Waals surface area contributed by atoms with Crippen LogP contribution in [-0.2, 0) is 11.2 Å². The third-order valence-corrected chi connectivity index (χ3v) is 5.32. The molecule has 0 aromatic heterocycles. The summed E-state index contributed by atoms with van der Waals surface area (Å²) >= 11 is 3.60. The summed E-state index contributed by atoms with van der Waals surface area (Å²) in [6.45, 7) is 0.785. The lowest BCUT2D eigenvalue weighted by atomic mass is 9.89. The summed E-state index contributed by atoms with van der Waals surface area (Å²) in [7, 11) is 1.64. The third-order valence-electron chi connectivity index (χ3n) is 4.13. The van der Waals surface area contributed by atoms with Gasteiger partial charge in [0.1, 0.15) is 5.75 Å². The second-order valence-corrected chi connectivity index (χ2v) is 6.20. The van der Waals surface area contributed by atoms with Crippen molar-refractivity contribution >= 4 is 21.8 Å². The number of hydrogen-bond acceptors (Lipinski definition) is 2. The predicted molar refractivity (Wildman–Crippen MR) is 84.4 cm³/mol. The zero-order valence-electron chi connectivity index (χ0n) is 12.0. The minimum absolute atomic E-state index is 0.0994. The Morgan fingerprint density at radius 3 is 2.50 bits per heavy atom. The van der Waals surface area contributed by atoms with Crippen LogP contribution in [-0.4, -0.2) is 24.9 Å². The lowest BCUT2D eigenvalue weighted by Crippen LogP contribution is -2.37. The molecule has 0 unspecified atom stereocenters. The van der Waals surface area contributed by atoms with Crippen LogP contribution in [0.1, 0.15) is 31.2 Å². The molecular weight excluding hydrogens is 318 g/mol. The van der Waals surface area contributed by atoms with Crippen LogP contribution in [0.5, 0.6) is 5.75 Å². The van der Waals surface area contributed by atoms with Crippen molar-refractivity contribution < 1.29 is 9.53 Å². The van der Waals surface area contributed by atoms with Crippen LogP contribution in [0.3, 0.4) is 0 Å². The molecular formula is C16H22BrNO2. The molecule has 1 aromatic rings. The number of halogens is 1. The van der Waals surface area contributed by atoms with Gasteiger partial charge in [0.05, 0.1) is 13.5 Å². The Kier molecular flexibility index (Phi) is 5.46. The standard InChI is InChI=1S/C16H22BrNO2/c1-20-14-6-4-13(5-7-14)10-15(19)18-12-16(11-17)8-2-3-9-16/h4-7H,2-3,8-12H2,1H3,(H,18,19). The molecule has 20 heavy (non-hydrogen) atoms. The summed E-state index contributed by atoms with van der Waals surface area (Å²) < 4.78 is 5.11. The molecule has 1 amide bonds. The van der Waals surface area contributed by atoms with Gasteiger partial charge in [-0.2, -0.15) is 0 Å². The molecule has 1 aliphatic rings. The second-order valence-electron chi connectivity index (χ2n) is 5.64. The summed E-state index contributed by atoms with van der Waals surface area (Å²) in [5.74, 6) is 0.917. The first-order valence-corrected chi connectivity index (χ1v) is 8.25. The summed E-state index contributed by atoms with van der Waals surface area (Å²) in [6.07, 6.45) is 5.41. The number of carbonyl (C=O) groups is 1. The largest absolute Gasteiger partial charge is 0.497 e. The number of methoxy groups -OCH3 is 1. The molecule has 110 valence electrons. The van der Waals surface area contributed by atoms with Crippen molar-refractivity contribution in [3.05, 3.63) is 29.8 Å². The van der Waals surface area contributed by atoms with Gasteiger partial charge >= 0.3 is 0 Å². The number of ether oxygens (including phenoxy) is 1. The highest BCUT2D eigenvalue weighted by Gasteiger charge is 2.32. The van der Waals surface area contributed by atoms with Gasteiger partial charge < -0.3 is 10.1 Å². The molecule has 0 atom stereocenters. The number of nitrogens with one attached hydrogen (secondary N) is 1. The van der Waals surface area contributed by atoms with Crippen LogP contribution in [0.4, 0.5) is 0 Å². The highest BCUT2D eigenvalue weighted by atomic mass is 79.9. The fourth-order valence-corrected chi connectivity index (χ4v) is 3.52. The minimum atomic E-state index is 0.0994. The maximum atomic E-state index is 12.0. The van der Waals surface area contributed by atoms with Crippen molar-refractivity contribution in [1.29, 1.82) is 0 Å². The van der Waals surface area contributed by atoms with E-state index in [0.717, 1.165) is 23.2 Å². The summed E-state index contributed by atoms with van der Waals surface area (Å²) in [5, 5.41) is 4.07. The van der Waals surface area contributed by atoms with Crippen LogP contribution >= 0.6 is 15.9 Å². The lowest BCUT2D eigenvalue weighted by molar-refractivity contribution is -0.120. The zero-order valence-corrected chi connectivity index (χ0v) is 13.5. The van der Waals surface area contributed by atoms with E-state index in [2.05, 4.69) is 21.2 Å². The Hall–Kier alpha value is -1.03. The molecule has 0 bridgehead atoms. The van der Waals surface area contributed by atoms with E-state index >= 15 is 0 Å². The highest BCUT2D eigenvalue weighted by molar-refractivity contribution is 9.09. The first-order chi connectivity index (χ1) is 9.67. The van der Waals surface area contributed by atoms with Crippen molar-refractivity contribution in [3.63, 3.8) is 0 Å². The zero-order chi connectivity index (χ0) is 14.4. The first-order valence-electron chi connectivity index (χ1n) is 7.13. The van der Waals surface area contributed by atoms with E-state index in [0.29, 0.717) is 6.42 Å². The van der Waals surface area contributed by atoms with Crippen molar-refractivity contribution in [3.8, 4) is 5.75 Å². The van der Waals surface area contributed by atoms with E-state index in [9.17, 15) is 4.79 Å². The van der Waals surface area contributed by atoms with Crippen LogP contribution in [0, 0.1) is 5.41 Å². The summed E-state index contributed by atoms with van der Waals surface area (Å²) in [5.41, 5.74) is 1.29. The molecule has 0 aliphatic heterocycles. The van der Waals surface area contributed by atoms with Gasteiger partial charge in [0.2, 0.25) is 5.91 Å². The van der Waals surface area contributed by atoms with Crippen LogP contribution < -0.4 is 10.1 Å². The molecule has 0 saturated heterocycles.